The second-order valence-electron chi connectivity index (χ2n) is 9.04. The summed E-state index contributed by atoms with van der Waals surface area (Å²) < 4.78 is 5.61. The van der Waals surface area contributed by atoms with Crippen molar-refractivity contribution < 1.29 is 9.53 Å². The lowest BCUT2D eigenvalue weighted by Crippen LogP contribution is -2.38. The summed E-state index contributed by atoms with van der Waals surface area (Å²) in [6.45, 7) is 11.5. The molecule has 4 heteroatoms. The normalized spacial score (nSPS) is 15.9. The van der Waals surface area contributed by atoms with Gasteiger partial charge in [0.2, 0.25) is 0 Å². The molecular weight excluding hydrogens is 360 g/mol. The van der Waals surface area contributed by atoms with Gasteiger partial charge in [-0.3, -0.25) is 9.69 Å². The fourth-order valence-electron chi connectivity index (χ4n) is 3.76. The summed E-state index contributed by atoms with van der Waals surface area (Å²) >= 11 is 0. The van der Waals surface area contributed by atoms with Crippen molar-refractivity contribution in [1.82, 2.24) is 10.2 Å². The highest BCUT2D eigenvalue weighted by Gasteiger charge is 2.24. The van der Waals surface area contributed by atoms with Crippen molar-refractivity contribution in [3.05, 3.63) is 65.2 Å². The number of nitrogens with zero attached hydrogens (tertiary/aromatic N) is 1. The summed E-state index contributed by atoms with van der Waals surface area (Å²) in [5.74, 6) is 0.640. The quantitative estimate of drug-likeness (QED) is 0.745. The first-order chi connectivity index (χ1) is 13.8. The summed E-state index contributed by atoms with van der Waals surface area (Å²) in [7, 11) is 0. The van der Waals surface area contributed by atoms with Crippen molar-refractivity contribution >= 4 is 5.91 Å². The Labute approximate surface area is 175 Å². The molecule has 0 radical (unpaired) electrons. The Morgan fingerprint density at radius 2 is 1.66 bits per heavy atom. The molecule has 1 saturated heterocycles. The SMILES string of the molecule is Cc1ccc(OCC(=O)NC[C@H](c2ccc(C(C)(C)C)cc2)N2CCCC2)cc1. The molecule has 29 heavy (non-hydrogen) atoms. The maximum absolute atomic E-state index is 12.4. The van der Waals surface area contributed by atoms with Gasteiger partial charge in [-0.05, 0) is 61.5 Å². The molecule has 0 spiro atoms. The van der Waals surface area contributed by atoms with Crippen molar-refractivity contribution in [3.8, 4) is 5.75 Å². The van der Waals surface area contributed by atoms with E-state index in [0.29, 0.717) is 6.54 Å². The van der Waals surface area contributed by atoms with E-state index in [1.165, 1.54) is 29.5 Å². The highest BCUT2D eigenvalue weighted by molar-refractivity contribution is 5.77. The average molecular weight is 395 g/mol. The Hall–Kier alpha value is -2.33. The summed E-state index contributed by atoms with van der Waals surface area (Å²) in [4.78, 5) is 14.8. The molecule has 2 aromatic carbocycles. The van der Waals surface area contributed by atoms with Crippen LogP contribution in [-0.2, 0) is 10.2 Å². The second-order valence-corrected chi connectivity index (χ2v) is 9.04. The van der Waals surface area contributed by atoms with E-state index in [0.717, 1.165) is 18.8 Å². The minimum atomic E-state index is -0.0823. The number of likely N-dealkylation sites (tertiary alicyclic amines) is 1. The fourth-order valence-corrected chi connectivity index (χ4v) is 3.76. The first kappa shape index (κ1) is 21.4. The van der Waals surface area contributed by atoms with Crippen LogP contribution < -0.4 is 10.1 Å². The van der Waals surface area contributed by atoms with E-state index in [1.807, 2.05) is 31.2 Å². The van der Waals surface area contributed by atoms with Gasteiger partial charge in [0.15, 0.2) is 6.61 Å². The maximum atomic E-state index is 12.4. The van der Waals surface area contributed by atoms with Crippen LogP contribution >= 0.6 is 0 Å². The highest BCUT2D eigenvalue weighted by Crippen LogP contribution is 2.28. The fraction of sp³-hybridized carbons (Fsp3) is 0.480. The summed E-state index contributed by atoms with van der Waals surface area (Å²) in [6.07, 6.45) is 2.45. The summed E-state index contributed by atoms with van der Waals surface area (Å²) in [6, 6.07) is 16.8. The van der Waals surface area contributed by atoms with Crippen molar-refractivity contribution in [3.63, 3.8) is 0 Å². The molecule has 1 fully saturated rings. The molecule has 2 aromatic rings. The molecule has 1 aliphatic heterocycles. The molecule has 1 heterocycles. The van der Waals surface area contributed by atoms with E-state index in [4.69, 9.17) is 4.74 Å². The van der Waals surface area contributed by atoms with Gasteiger partial charge in [0.05, 0.1) is 6.04 Å². The molecular formula is C25H34N2O2. The number of rotatable bonds is 7. The Morgan fingerprint density at radius 1 is 1.03 bits per heavy atom. The molecule has 0 aromatic heterocycles. The van der Waals surface area contributed by atoms with E-state index >= 15 is 0 Å². The van der Waals surface area contributed by atoms with Crippen LogP contribution in [0.4, 0.5) is 0 Å². The standard InChI is InChI=1S/C25H34N2O2/c1-19-7-13-22(14-8-19)29-18-24(28)26-17-23(27-15-5-6-16-27)20-9-11-21(12-10-20)25(2,3)4/h7-14,23H,5-6,15-18H2,1-4H3,(H,26,28)/t23-/m1/s1. The van der Waals surface area contributed by atoms with E-state index in [9.17, 15) is 4.79 Å². The number of carbonyl (C=O) groups excluding carboxylic acids is 1. The van der Waals surface area contributed by atoms with E-state index < -0.39 is 0 Å². The van der Waals surface area contributed by atoms with Gasteiger partial charge in [0.1, 0.15) is 5.75 Å². The number of benzene rings is 2. The molecule has 4 nitrogen and oxygen atoms in total. The minimum absolute atomic E-state index is 0.0404. The lowest BCUT2D eigenvalue weighted by atomic mass is 9.86. The molecule has 1 aliphatic rings. The van der Waals surface area contributed by atoms with Gasteiger partial charge in [-0.15, -0.1) is 0 Å². The minimum Gasteiger partial charge on any atom is -0.484 e. The molecule has 1 N–H and O–H groups in total. The first-order valence-corrected chi connectivity index (χ1v) is 10.6. The van der Waals surface area contributed by atoms with Gasteiger partial charge in [-0.2, -0.15) is 0 Å². The lowest BCUT2D eigenvalue weighted by molar-refractivity contribution is -0.123. The second kappa shape index (κ2) is 9.45. The van der Waals surface area contributed by atoms with Crippen LogP contribution in [0.1, 0.15) is 56.3 Å². The third-order valence-corrected chi connectivity index (χ3v) is 5.63. The predicted octanol–water partition coefficient (Wildman–Crippen LogP) is 4.62. The van der Waals surface area contributed by atoms with E-state index in [1.54, 1.807) is 0 Å². The topological polar surface area (TPSA) is 41.6 Å². The van der Waals surface area contributed by atoms with Crippen LogP contribution in [-0.4, -0.2) is 37.0 Å². The van der Waals surface area contributed by atoms with E-state index in [2.05, 4.69) is 55.3 Å². The zero-order chi connectivity index (χ0) is 20.9. The lowest BCUT2D eigenvalue weighted by Gasteiger charge is -2.29. The molecule has 1 atom stereocenters. The van der Waals surface area contributed by atoms with Gasteiger partial charge < -0.3 is 10.1 Å². The van der Waals surface area contributed by atoms with Crippen LogP contribution in [0.2, 0.25) is 0 Å². The van der Waals surface area contributed by atoms with Crippen LogP contribution in [0.3, 0.4) is 0 Å². The van der Waals surface area contributed by atoms with Gasteiger partial charge in [0, 0.05) is 6.54 Å². The number of hydrogen-bond acceptors (Lipinski definition) is 3. The number of nitrogens with one attached hydrogen (secondary N) is 1. The third-order valence-electron chi connectivity index (χ3n) is 5.63. The first-order valence-electron chi connectivity index (χ1n) is 10.6. The number of hydrogen-bond donors (Lipinski definition) is 1. The largest absolute Gasteiger partial charge is 0.484 e. The molecule has 156 valence electrons. The third kappa shape index (κ3) is 6.07. The molecule has 3 rings (SSSR count). The van der Waals surface area contributed by atoms with Gasteiger partial charge in [-0.1, -0.05) is 62.7 Å². The molecule has 0 bridgehead atoms. The summed E-state index contributed by atoms with van der Waals surface area (Å²) in [5, 5.41) is 3.08. The average Bonchev–Trinajstić information content (AvgIpc) is 3.22. The number of ether oxygens (including phenoxy) is 1. The Balaban J connectivity index is 1.60. The van der Waals surface area contributed by atoms with Crippen molar-refractivity contribution in [1.29, 1.82) is 0 Å². The van der Waals surface area contributed by atoms with Crippen molar-refractivity contribution in [2.75, 3.05) is 26.2 Å². The predicted molar refractivity (Wildman–Crippen MR) is 118 cm³/mol. The monoisotopic (exact) mass is 394 g/mol. The van der Waals surface area contributed by atoms with Gasteiger partial charge >= 0.3 is 0 Å². The van der Waals surface area contributed by atoms with E-state index in [-0.39, 0.29) is 24.0 Å². The maximum Gasteiger partial charge on any atom is 0.258 e. The number of carbonyl (C=O) groups is 1. The zero-order valence-electron chi connectivity index (χ0n) is 18.2. The van der Waals surface area contributed by atoms with Gasteiger partial charge in [0.25, 0.3) is 5.91 Å². The van der Waals surface area contributed by atoms with Crippen LogP contribution in [0.25, 0.3) is 0 Å². The van der Waals surface area contributed by atoms with Crippen LogP contribution in [0.5, 0.6) is 5.75 Å². The van der Waals surface area contributed by atoms with Crippen LogP contribution in [0, 0.1) is 6.92 Å². The molecule has 0 unspecified atom stereocenters. The van der Waals surface area contributed by atoms with Crippen LogP contribution in [0.15, 0.2) is 48.5 Å². The molecule has 0 aliphatic carbocycles. The smallest absolute Gasteiger partial charge is 0.258 e. The van der Waals surface area contributed by atoms with Crippen molar-refractivity contribution in [2.45, 2.75) is 52.0 Å². The highest BCUT2D eigenvalue weighted by atomic mass is 16.5. The molecule has 1 amide bonds. The Bertz CT molecular complexity index is 785. The number of amides is 1. The van der Waals surface area contributed by atoms with Gasteiger partial charge in [-0.25, -0.2) is 0 Å². The van der Waals surface area contributed by atoms with Crippen molar-refractivity contribution in [2.24, 2.45) is 0 Å². The summed E-state index contributed by atoms with van der Waals surface area (Å²) in [5.41, 5.74) is 3.91. The number of aryl methyl sites for hydroxylation is 1. The zero-order valence-corrected chi connectivity index (χ0v) is 18.2. The Morgan fingerprint density at radius 3 is 2.24 bits per heavy atom. The Kier molecular flexibility index (Phi) is 6.96. The molecule has 0 saturated carbocycles.